The molecule has 0 radical (unpaired) electrons. The van der Waals surface area contributed by atoms with Gasteiger partial charge in [-0.05, 0) is 55.0 Å². The van der Waals surface area contributed by atoms with Crippen LogP contribution in [0.15, 0.2) is 54.6 Å². The van der Waals surface area contributed by atoms with Crippen molar-refractivity contribution in [2.45, 2.75) is 33.1 Å². The van der Waals surface area contributed by atoms with E-state index in [9.17, 15) is 0 Å². The molecule has 2 rings (SSSR count). The van der Waals surface area contributed by atoms with Gasteiger partial charge in [-0.1, -0.05) is 68.4 Å². The zero-order valence-corrected chi connectivity index (χ0v) is 13.3. The van der Waals surface area contributed by atoms with Crippen molar-refractivity contribution in [1.82, 2.24) is 5.32 Å². The minimum atomic E-state index is 0.790. The highest BCUT2D eigenvalue weighted by molar-refractivity contribution is 5.63. The molecule has 0 spiro atoms. The Morgan fingerprint density at radius 1 is 0.857 bits per heavy atom. The van der Waals surface area contributed by atoms with Gasteiger partial charge in [0.25, 0.3) is 0 Å². The molecule has 0 fully saturated rings. The van der Waals surface area contributed by atoms with Gasteiger partial charge in [-0.25, -0.2) is 0 Å². The van der Waals surface area contributed by atoms with Crippen LogP contribution < -0.4 is 5.32 Å². The average Bonchev–Trinajstić information content (AvgIpc) is 2.54. The summed E-state index contributed by atoms with van der Waals surface area (Å²) >= 11 is 0. The van der Waals surface area contributed by atoms with E-state index in [1.165, 1.54) is 36.0 Å². The highest BCUT2D eigenvalue weighted by Crippen LogP contribution is 2.20. The van der Waals surface area contributed by atoms with Crippen molar-refractivity contribution in [3.05, 3.63) is 60.2 Å². The SMILES string of the molecule is CCNCCC(C)CCc1ccc(-c2ccccc2)cc1. The van der Waals surface area contributed by atoms with E-state index in [4.69, 9.17) is 0 Å². The van der Waals surface area contributed by atoms with Crippen LogP contribution in [-0.4, -0.2) is 13.1 Å². The van der Waals surface area contributed by atoms with E-state index < -0.39 is 0 Å². The van der Waals surface area contributed by atoms with Crippen LogP contribution in [0.2, 0.25) is 0 Å². The molecule has 1 heteroatoms. The van der Waals surface area contributed by atoms with Crippen molar-refractivity contribution in [3.63, 3.8) is 0 Å². The van der Waals surface area contributed by atoms with Gasteiger partial charge in [0.15, 0.2) is 0 Å². The van der Waals surface area contributed by atoms with Crippen molar-refractivity contribution in [1.29, 1.82) is 0 Å². The third-order valence-electron chi connectivity index (χ3n) is 4.05. The Hall–Kier alpha value is -1.60. The summed E-state index contributed by atoms with van der Waals surface area (Å²) in [5.41, 5.74) is 4.05. The average molecular weight is 281 g/mol. The van der Waals surface area contributed by atoms with Gasteiger partial charge in [-0.2, -0.15) is 0 Å². The molecule has 2 aromatic rings. The minimum Gasteiger partial charge on any atom is -0.317 e. The standard InChI is InChI=1S/C20H27N/c1-3-21-16-15-17(2)9-10-18-11-13-20(14-12-18)19-7-5-4-6-8-19/h4-8,11-14,17,21H,3,9-10,15-16H2,1-2H3. The van der Waals surface area contributed by atoms with E-state index in [0.29, 0.717) is 0 Å². The molecule has 1 atom stereocenters. The van der Waals surface area contributed by atoms with Gasteiger partial charge < -0.3 is 5.32 Å². The zero-order chi connectivity index (χ0) is 14.9. The third kappa shape index (κ3) is 5.35. The second-order valence-electron chi connectivity index (χ2n) is 5.85. The smallest absolute Gasteiger partial charge is 0.00465 e. The molecule has 0 bridgehead atoms. The first kappa shape index (κ1) is 15.8. The number of hydrogen-bond acceptors (Lipinski definition) is 1. The number of rotatable bonds is 8. The van der Waals surface area contributed by atoms with Gasteiger partial charge >= 0.3 is 0 Å². The fourth-order valence-electron chi connectivity index (χ4n) is 2.58. The topological polar surface area (TPSA) is 12.0 Å². The summed E-state index contributed by atoms with van der Waals surface area (Å²) in [4.78, 5) is 0. The minimum absolute atomic E-state index is 0.790. The Kier molecular flexibility index (Phi) is 6.49. The molecule has 0 heterocycles. The number of hydrogen-bond donors (Lipinski definition) is 1. The maximum absolute atomic E-state index is 3.40. The molecule has 112 valence electrons. The fourth-order valence-corrected chi connectivity index (χ4v) is 2.58. The zero-order valence-electron chi connectivity index (χ0n) is 13.3. The lowest BCUT2D eigenvalue weighted by molar-refractivity contribution is 0.474. The normalized spacial score (nSPS) is 12.3. The number of nitrogens with one attached hydrogen (secondary N) is 1. The quantitative estimate of drug-likeness (QED) is 0.677. The van der Waals surface area contributed by atoms with Crippen molar-refractivity contribution < 1.29 is 0 Å². The highest BCUT2D eigenvalue weighted by atomic mass is 14.8. The van der Waals surface area contributed by atoms with Gasteiger partial charge in [-0.3, -0.25) is 0 Å². The molecule has 1 N–H and O–H groups in total. The van der Waals surface area contributed by atoms with E-state index in [-0.39, 0.29) is 0 Å². The molecule has 0 aromatic heterocycles. The summed E-state index contributed by atoms with van der Waals surface area (Å²) in [5.74, 6) is 0.790. The molecule has 21 heavy (non-hydrogen) atoms. The van der Waals surface area contributed by atoms with E-state index >= 15 is 0 Å². The fraction of sp³-hybridized carbons (Fsp3) is 0.400. The van der Waals surface area contributed by atoms with Crippen molar-refractivity contribution >= 4 is 0 Å². The van der Waals surface area contributed by atoms with Crippen molar-refractivity contribution in [2.75, 3.05) is 13.1 Å². The second kappa shape index (κ2) is 8.63. The first-order valence-corrected chi connectivity index (χ1v) is 8.14. The monoisotopic (exact) mass is 281 g/mol. The lowest BCUT2D eigenvalue weighted by Gasteiger charge is -2.11. The summed E-state index contributed by atoms with van der Waals surface area (Å²) in [6.07, 6.45) is 3.73. The molecular weight excluding hydrogens is 254 g/mol. The van der Waals surface area contributed by atoms with Gasteiger partial charge in [0, 0.05) is 0 Å². The summed E-state index contributed by atoms with van der Waals surface area (Å²) in [7, 11) is 0. The van der Waals surface area contributed by atoms with Crippen LogP contribution in [0.5, 0.6) is 0 Å². The number of aryl methyl sites for hydroxylation is 1. The van der Waals surface area contributed by atoms with E-state index in [2.05, 4.69) is 73.8 Å². The van der Waals surface area contributed by atoms with Gasteiger partial charge in [0.2, 0.25) is 0 Å². The van der Waals surface area contributed by atoms with Gasteiger partial charge in [-0.15, -0.1) is 0 Å². The van der Waals surface area contributed by atoms with Crippen LogP contribution in [0, 0.1) is 5.92 Å². The Balaban J connectivity index is 1.83. The first-order chi connectivity index (χ1) is 10.3. The van der Waals surface area contributed by atoms with Crippen LogP contribution >= 0.6 is 0 Å². The van der Waals surface area contributed by atoms with Crippen LogP contribution in [0.4, 0.5) is 0 Å². The van der Waals surface area contributed by atoms with E-state index in [1.54, 1.807) is 0 Å². The molecule has 1 unspecified atom stereocenters. The highest BCUT2D eigenvalue weighted by Gasteiger charge is 2.03. The Labute approximate surface area is 129 Å². The Morgan fingerprint density at radius 3 is 2.19 bits per heavy atom. The molecule has 0 aliphatic heterocycles. The molecule has 0 saturated carbocycles. The van der Waals surface area contributed by atoms with E-state index in [0.717, 1.165) is 19.0 Å². The molecule has 0 amide bonds. The molecule has 1 nitrogen and oxygen atoms in total. The second-order valence-corrected chi connectivity index (χ2v) is 5.85. The van der Waals surface area contributed by atoms with E-state index in [1.807, 2.05) is 0 Å². The maximum Gasteiger partial charge on any atom is -0.00465 e. The summed E-state index contributed by atoms with van der Waals surface area (Å²) in [6.45, 7) is 6.74. The van der Waals surface area contributed by atoms with Crippen LogP contribution in [0.25, 0.3) is 11.1 Å². The summed E-state index contributed by atoms with van der Waals surface area (Å²) in [5, 5.41) is 3.40. The third-order valence-corrected chi connectivity index (χ3v) is 4.05. The molecule has 2 aromatic carbocycles. The molecule has 0 aliphatic carbocycles. The maximum atomic E-state index is 3.40. The Morgan fingerprint density at radius 2 is 1.52 bits per heavy atom. The van der Waals surface area contributed by atoms with Gasteiger partial charge in [0.1, 0.15) is 0 Å². The lowest BCUT2D eigenvalue weighted by Crippen LogP contribution is -2.16. The summed E-state index contributed by atoms with van der Waals surface area (Å²) < 4.78 is 0. The summed E-state index contributed by atoms with van der Waals surface area (Å²) in [6, 6.07) is 19.6. The number of benzene rings is 2. The molecular formula is C20H27N. The molecule has 0 saturated heterocycles. The molecule has 0 aliphatic rings. The Bertz CT molecular complexity index is 501. The van der Waals surface area contributed by atoms with Crippen LogP contribution in [0.3, 0.4) is 0 Å². The van der Waals surface area contributed by atoms with Crippen molar-refractivity contribution in [3.8, 4) is 11.1 Å². The lowest BCUT2D eigenvalue weighted by atomic mass is 9.97. The predicted molar refractivity (Wildman–Crippen MR) is 92.5 cm³/mol. The first-order valence-electron chi connectivity index (χ1n) is 8.14. The van der Waals surface area contributed by atoms with Gasteiger partial charge in [0.05, 0.1) is 0 Å². The van der Waals surface area contributed by atoms with Crippen molar-refractivity contribution in [2.24, 2.45) is 5.92 Å². The van der Waals surface area contributed by atoms with Crippen LogP contribution in [0.1, 0.15) is 32.3 Å². The van der Waals surface area contributed by atoms with Crippen LogP contribution in [-0.2, 0) is 6.42 Å². The predicted octanol–water partition coefficient (Wildman–Crippen LogP) is 4.92. The largest absolute Gasteiger partial charge is 0.317 e.